The van der Waals surface area contributed by atoms with Crippen molar-refractivity contribution in [1.82, 2.24) is 5.32 Å². The van der Waals surface area contributed by atoms with Crippen molar-refractivity contribution in [3.05, 3.63) is 0 Å². The Labute approximate surface area is 102 Å². The monoisotopic (exact) mass is 251 g/mol. The molecule has 6 heteroatoms. The number of hydrogen-bond acceptors (Lipinski definition) is 6. The van der Waals surface area contributed by atoms with Gasteiger partial charge in [-0.2, -0.15) is 0 Å². The van der Waals surface area contributed by atoms with Gasteiger partial charge in [-0.05, 0) is 12.3 Å². The SMILES string of the molecule is CC(C)CC(CO)(CO)NC(CO)(CO)CO. The third kappa shape index (κ3) is 4.50. The molecule has 0 aromatic rings. The van der Waals surface area contributed by atoms with Crippen LogP contribution >= 0.6 is 0 Å². The van der Waals surface area contributed by atoms with E-state index in [4.69, 9.17) is 0 Å². The summed E-state index contributed by atoms with van der Waals surface area (Å²) in [7, 11) is 0. The summed E-state index contributed by atoms with van der Waals surface area (Å²) < 4.78 is 0. The van der Waals surface area contributed by atoms with Gasteiger partial charge in [-0.3, -0.25) is 5.32 Å². The Balaban J connectivity index is 4.94. The van der Waals surface area contributed by atoms with Crippen molar-refractivity contribution in [2.45, 2.75) is 31.3 Å². The first-order valence-corrected chi connectivity index (χ1v) is 5.77. The zero-order valence-electron chi connectivity index (χ0n) is 10.6. The molecule has 0 aliphatic rings. The van der Waals surface area contributed by atoms with E-state index < -0.39 is 30.9 Å². The predicted molar refractivity (Wildman–Crippen MR) is 63.5 cm³/mol. The second-order valence-electron chi connectivity index (χ2n) is 5.07. The summed E-state index contributed by atoms with van der Waals surface area (Å²) in [5.74, 6) is 0.204. The van der Waals surface area contributed by atoms with Crippen molar-refractivity contribution in [1.29, 1.82) is 0 Å². The molecule has 104 valence electrons. The summed E-state index contributed by atoms with van der Waals surface area (Å²) in [6, 6.07) is 0. The summed E-state index contributed by atoms with van der Waals surface area (Å²) in [6.07, 6.45) is 0.460. The van der Waals surface area contributed by atoms with E-state index >= 15 is 0 Å². The van der Waals surface area contributed by atoms with Crippen LogP contribution in [0.25, 0.3) is 0 Å². The Morgan fingerprint density at radius 1 is 0.765 bits per heavy atom. The highest BCUT2D eigenvalue weighted by atomic mass is 16.3. The van der Waals surface area contributed by atoms with E-state index in [1.807, 2.05) is 13.8 Å². The Hall–Kier alpha value is -0.240. The maximum absolute atomic E-state index is 9.41. The van der Waals surface area contributed by atoms with Crippen LogP contribution in [-0.2, 0) is 0 Å². The molecule has 0 bridgehead atoms. The minimum atomic E-state index is -1.31. The molecule has 6 N–H and O–H groups in total. The zero-order chi connectivity index (χ0) is 13.5. The highest BCUT2D eigenvalue weighted by Crippen LogP contribution is 2.20. The first-order valence-electron chi connectivity index (χ1n) is 5.77. The van der Waals surface area contributed by atoms with E-state index in [1.54, 1.807) is 0 Å². The highest BCUT2D eigenvalue weighted by Gasteiger charge is 2.39. The van der Waals surface area contributed by atoms with E-state index in [0.717, 1.165) is 0 Å². The topological polar surface area (TPSA) is 113 Å². The third-order valence-corrected chi connectivity index (χ3v) is 2.84. The number of nitrogens with one attached hydrogen (secondary N) is 1. The summed E-state index contributed by atoms with van der Waals surface area (Å²) in [4.78, 5) is 0. The van der Waals surface area contributed by atoms with Gasteiger partial charge in [0, 0.05) is 0 Å². The van der Waals surface area contributed by atoms with Crippen molar-refractivity contribution in [3.63, 3.8) is 0 Å². The molecule has 0 spiro atoms. The van der Waals surface area contributed by atoms with Gasteiger partial charge in [0.15, 0.2) is 0 Å². The molecular weight excluding hydrogens is 226 g/mol. The van der Waals surface area contributed by atoms with Crippen LogP contribution in [0.15, 0.2) is 0 Å². The Kier molecular flexibility index (Phi) is 7.15. The van der Waals surface area contributed by atoms with Crippen LogP contribution < -0.4 is 5.32 Å². The fourth-order valence-corrected chi connectivity index (χ4v) is 1.92. The molecule has 0 aromatic carbocycles. The van der Waals surface area contributed by atoms with Gasteiger partial charge in [-0.15, -0.1) is 0 Å². The van der Waals surface area contributed by atoms with Crippen molar-refractivity contribution < 1.29 is 25.5 Å². The molecule has 0 unspecified atom stereocenters. The van der Waals surface area contributed by atoms with E-state index in [0.29, 0.717) is 6.42 Å². The molecule has 0 atom stereocenters. The van der Waals surface area contributed by atoms with Gasteiger partial charge in [0.25, 0.3) is 0 Å². The molecule has 0 aliphatic carbocycles. The molecule has 0 saturated heterocycles. The average molecular weight is 251 g/mol. The van der Waals surface area contributed by atoms with Crippen molar-refractivity contribution in [2.24, 2.45) is 5.92 Å². The normalized spacial score (nSPS) is 13.4. The van der Waals surface area contributed by atoms with Crippen LogP contribution in [0, 0.1) is 5.92 Å². The van der Waals surface area contributed by atoms with Gasteiger partial charge in [-0.1, -0.05) is 13.8 Å². The summed E-state index contributed by atoms with van der Waals surface area (Å²) in [5, 5.41) is 49.3. The third-order valence-electron chi connectivity index (χ3n) is 2.84. The minimum absolute atomic E-state index is 0.204. The lowest BCUT2D eigenvalue weighted by molar-refractivity contribution is -0.0185. The molecule has 0 fully saturated rings. The Bertz CT molecular complexity index is 194. The van der Waals surface area contributed by atoms with Crippen LogP contribution in [0.5, 0.6) is 0 Å². The number of rotatable bonds is 9. The second kappa shape index (κ2) is 7.25. The minimum Gasteiger partial charge on any atom is -0.394 e. The Morgan fingerprint density at radius 3 is 1.35 bits per heavy atom. The number of aliphatic hydroxyl groups excluding tert-OH is 5. The summed E-state index contributed by atoms with van der Waals surface area (Å²) in [6.45, 7) is 1.72. The van der Waals surface area contributed by atoms with Crippen LogP contribution in [0.3, 0.4) is 0 Å². The summed E-state index contributed by atoms with van der Waals surface area (Å²) >= 11 is 0. The molecule has 0 heterocycles. The van der Waals surface area contributed by atoms with E-state index in [1.165, 1.54) is 0 Å². The fraction of sp³-hybridized carbons (Fsp3) is 1.00. The molecular formula is C11H25NO5. The molecule has 0 radical (unpaired) electrons. The van der Waals surface area contributed by atoms with E-state index in [2.05, 4.69) is 5.32 Å². The second-order valence-corrected chi connectivity index (χ2v) is 5.07. The maximum Gasteiger partial charge on any atom is 0.0887 e. The molecule has 0 saturated carbocycles. The largest absolute Gasteiger partial charge is 0.394 e. The zero-order valence-corrected chi connectivity index (χ0v) is 10.6. The van der Waals surface area contributed by atoms with Gasteiger partial charge in [0.05, 0.1) is 44.1 Å². The van der Waals surface area contributed by atoms with Gasteiger partial charge in [0.2, 0.25) is 0 Å². The summed E-state index contributed by atoms with van der Waals surface area (Å²) in [5.41, 5.74) is -2.33. The van der Waals surface area contributed by atoms with Gasteiger partial charge in [0.1, 0.15) is 0 Å². The molecule has 0 rings (SSSR count). The first-order chi connectivity index (χ1) is 7.93. The van der Waals surface area contributed by atoms with E-state index in [9.17, 15) is 25.5 Å². The fourth-order valence-electron chi connectivity index (χ4n) is 1.92. The van der Waals surface area contributed by atoms with Crippen molar-refractivity contribution >= 4 is 0 Å². The first kappa shape index (κ1) is 16.8. The lowest BCUT2D eigenvalue weighted by atomic mass is 9.86. The quantitative estimate of drug-likeness (QED) is 0.284. The molecule has 0 aromatic heterocycles. The van der Waals surface area contributed by atoms with Crippen LogP contribution in [-0.4, -0.2) is 69.6 Å². The smallest absolute Gasteiger partial charge is 0.0887 e. The molecule has 17 heavy (non-hydrogen) atoms. The van der Waals surface area contributed by atoms with Gasteiger partial charge in [-0.25, -0.2) is 0 Å². The van der Waals surface area contributed by atoms with Gasteiger partial charge >= 0.3 is 0 Å². The number of aliphatic hydroxyl groups is 5. The van der Waals surface area contributed by atoms with Crippen molar-refractivity contribution in [3.8, 4) is 0 Å². The van der Waals surface area contributed by atoms with E-state index in [-0.39, 0.29) is 19.1 Å². The number of hydrogen-bond donors (Lipinski definition) is 6. The lowest BCUT2D eigenvalue weighted by Crippen LogP contribution is -2.67. The van der Waals surface area contributed by atoms with Crippen LogP contribution in [0.2, 0.25) is 0 Å². The lowest BCUT2D eigenvalue weighted by Gasteiger charge is -2.41. The molecule has 0 amide bonds. The van der Waals surface area contributed by atoms with Crippen molar-refractivity contribution in [2.75, 3.05) is 33.0 Å². The predicted octanol–water partition coefficient (Wildman–Crippen LogP) is -1.94. The van der Waals surface area contributed by atoms with Crippen LogP contribution in [0.1, 0.15) is 20.3 Å². The Morgan fingerprint density at radius 2 is 1.12 bits per heavy atom. The van der Waals surface area contributed by atoms with Crippen LogP contribution in [0.4, 0.5) is 0 Å². The molecule has 0 aliphatic heterocycles. The maximum atomic E-state index is 9.41. The van der Waals surface area contributed by atoms with Gasteiger partial charge < -0.3 is 25.5 Å². The highest BCUT2D eigenvalue weighted by molar-refractivity contribution is 4.98. The average Bonchev–Trinajstić information content (AvgIpc) is 2.34. The standard InChI is InChI=1S/C11H25NO5/c1-9(2)3-10(4-13,5-14)12-11(6-15,7-16)8-17/h9,12-17H,3-8H2,1-2H3. The molecule has 6 nitrogen and oxygen atoms in total.